The summed E-state index contributed by atoms with van der Waals surface area (Å²) in [5, 5.41) is 22.6. The summed E-state index contributed by atoms with van der Waals surface area (Å²) in [6.45, 7) is 6.00. The van der Waals surface area contributed by atoms with Crippen LogP contribution in [-0.4, -0.2) is 40.9 Å². The third kappa shape index (κ3) is 7.57. The van der Waals surface area contributed by atoms with Crippen LogP contribution in [0.15, 0.2) is 0 Å². The Morgan fingerprint density at radius 1 is 1.24 bits per heavy atom. The normalized spacial score (nSPS) is 14.2. The van der Waals surface area contributed by atoms with E-state index in [2.05, 4.69) is 24.5 Å². The maximum Gasteiger partial charge on any atom is 0.328 e. The lowest BCUT2D eigenvalue weighted by molar-refractivity contribution is -0.141. The van der Waals surface area contributed by atoms with Gasteiger partial charge in [-0.1, -0.05) is 13.8 Å². The number of aliphatic hydroxyl groups is 1. The molecule has 0 aliphatic rings. The minimum Gasteiger partial charge on any atom is -0.480 e. The highest BCUT2D eigenvalue weighted by Crippen LogP contribution is 2.01. The van der Waals surface area contributed by atoms with Crippen molar-refractivity contribution >= 4 is 12.0 Å². The highest BCUT2D eigenvalue weighted by atomic mass is 16.4. The summed E-state index contributed by atoms with van der Waals surface area (Å²) in [5.74, 6) is -0.679. The molecule has 0 heterocycles. The zero-order valence-electron chi connectivity index (χ0n) is 10.6. The SMILES string of the molecule is CC(C)CCCNC(=O)NC(C(=O)O)C(C)O. The number of aliphatic hydroxyl groups excluding tert-OH is 1. The fraction of sp³-hybridized carbons (Fsp3) is 0.818. The van der Waals surface area contributed by atoms with E-state index in [9.17, 15) is 9.59 Å². The summed E-state index contributed by atoms with van der Waals surface area (Å²) in [4.78, 5) is 22.0. The van der Waals surface area contributed by atoms with Crippen LogP contribution in [0.1, 0.15) is 33.6 Å². The van der Waals surface area contributed by atoms with Crippen LogP contribution < -0.4 is 10.6 Å². The molecule has 0 aliphatic carbocycles. The molecule has 2 amide bonds. The van der Waals surface area contributed by atoms with Crippen LogP contribution in [0.4, 0.5) is 4.79 Å². The van der Waals surface area contributed by atoms with Crippen LogP contribution in [0.3, 0.4) is 0 Å². The number of hydrogen-bond acceptors (Lipinski definition) is 3. The predicted molar refractivity (Wildman–Crippen MR) is 63.7 cm³/mol. The van der Waals surface area contributed by atoms with Gasteiger partial charge >= 0.3 is 12.0 Å². The Balaban J connectivity index is 3.87. The van der Waals surface area contributed by atoms with Crippen LogP contribution in [-0.2, 0) is 4.79 Å². The van der Waals surface area contributed by atoms with Crippen LogP contribution in [0.25, 0.3) is 0 Å². The quantitative estimate of drug-likeness (QED) is 0.493. The summed E-state index contributed by atoms with van der Waals surface area (Å²) < 4.78 is 0. The molecule has 0 spiro atoms. The summed E-state index contributed by atoms with van der Waals surface area (Å²) in [7, 11) is 0. The van der Waals surface area contributed by atoms with E-state index >= 15 is 0 Å². The van der Waals surface area contributed by atoms with Crippen molar-refractivity contribution < 1.29 is 19.8 Å². The molecule has 6 heteroatoms. The van der Waals surface area contributed by atoms with Gasteiger partial charge in [-0.15, -0.1) is 0 Å². The Morgan fingerprint density at radius 3 is 2.24 bits per heavy atom. The molecule has 0 rings (SSSR count). The number of hydrogen-bond donors (Lipinski definition) is 4. The van der Waals surface area contributed by atoms with Crippen molar-refractivity contribution in [2.45, 2.75) is 45.8 Å². The van der Waals surface area contributed by atoms with Crippen molar-refractivity contribution in [1.29, 1.82) is 0 Å². The molecule has 6 nitrogen and oxygen atoms in total. The Bertz CT molecular complexity index is 254. The number of carbonyl (C=O) groups is 2. The maximum absolute atomic E-state index is 11.3. The zero-order valence-corrected chi connectivity index (χ0v) is 10.6. The number of urea groups is 1. The predicted octanol–water partition coefficient (Wildman–Crippen LogP) is 0.556. The van der Waals surface area contributed by atoms with Gasteiger partial charge in [-0.2, -0.15) is 0 Å². The Labute approximate surface area is 101 Å². The number of carboxylic acid groups (broad SMARTS) is 1. The molecular formula is C11H22N2O4. The van der Waals surface area contributed by atoms with Gasteiger partial charge in [0.2, 0.25) is 0 Å². The summed E-state index contributed by atoms with van der Waals surface area (Å²) in [6, 6.07) is -1.85. The van der Waals surface area contributed by atoms with Crippen LogP contribution in [0.5, 0.6) is 0 Å². The second kappa shape index (κ2) is 7.89. The van der Waals surface area contributed by atoms with E-state index in [1.54, 1.807) is 0 Å². The standard InChI is InChI=1S/C11H22N2O4/c1-7(2)5-4-6-12-11(17)13-9(8(3)14)10(15)16/h7-9,14H,4-6H2,1-3H3,(H,15,16)(H2,12,13,17). The summed E-state index contributed by atoms with van der Waals surface area (Å²) in [6.07, 6.45) is 0.713. The van der Waals surface area contributed by atoms with E-state index < -0.39 is 24.1 Å². The fourth-order valence-electron chi connectivity index (χ4n) is 1.29. The topological polar surface area (TPSA) is 98.7 Å². The van der Waals surface area contributed by atoms with Gasteiger partial charge in [0.1, 0.15) is 0 Å². The molecule has 17 heavy (non-hydrogen) atoms. The molecule has 0 aromatic carbocycles. The van der Waals surface area contributed by atoms with E-state index in [0.29, 0.717) is 12.5 Å². The molecule has 0 aromatic heterocycles. The van der Waals surface area contributed by atoms with E-state index in [1.165, 1.54) is 6.92 Å². The van der Waals surface area contributed by atoms with E-state index in [4.69, 9.17) is 10.2 Å². The van der Waals surface area contributed by atoms with Crippen molar-refractivity contribution in [3.8, 4) is 0 Å². The summed E-state index contributed by atoms with van der Waals surface area (Å²) >= 11 is 0. The maximum atomic E-state index is 11.3. The lowest BCUT2D eigenvalue weighted by Crippen LogP contribution is -2.51. The van der Waals surface area contributed by atoms with Crippen molar-refractivity contribution in [3.63, 3.8) is 0 Å². The second-order valence-electron chi connectivity index (χ2n) is 4.49. The zero-order chi connectivity index (χ0) is 13.4. The fourth-order valence-corrected chi connectivity index (χ4v) is 1.29. The molecule has 0 radical (unpaired) electrons. The largest absolute Gasteiger partial charge is 0.480 e. The number of aliphatic carboxylic acids is 1. The summed E-state index contributed by atoms with van der Waals surface area (Å²) in [5.41, 5.74) is 0. The molecule has 0 saturated heterocycles. The first-order valence-electron chi connectivity index (χ1n) is 5.79. The monoisotopic (exact) mass is 246 g/mol. The highest BCUT2D eigenvalue weighted by Gasteiger charge is 2.24. The lowest BCUT2D eigenvalue weighted by atomic mass is 10.1. The Hall–Kier alpha value is -1.30. The average molecular weight is 246 g/mol. The third-order valence-electron chi connectivity index (χ3n) is 2.28. The molecule has 2 atom stereocenters. The van der Waals surface area contributed by atoms with Crippen molar-refractivity contribution in [2.75, 3.05) is 6.54 Å². The van der Waals surface area contributed by atoms with Gasteiger partial charge in [0.15, 0.2) is 6.04 Å². The number of amides is 2. The van der Waals surface area contributed by atoms with Crippen molar-refractivity contribution in [3.05, 3.63) is 0 Å². The van der Waals surface area contributed by atoms with Gasteiger partial charge in [0.25, 0.3) is 0 Å². The molecule has 4 N–H and O–H groups in total. The van der Waals surface area contributed by atoms with Crippen LogP contribution >= 0.6 is 0 Å². The molecule has 0 fully saturated rings. The Morgan fingerprint density at radius 2 is 1.82 bits per heavy atom. The van der Waals surface area contributed by atoms with Gasteiger partial charge in [0, 0.05) is 6.54 Å². The van der Waals surface area contributed by atoms with E-state index in [-0.39, 0.29) is 0 Å². The van der Waals surface area contributed by atoms with E-state index in [0.717, 1.165) is 12.8 Å². The Kier molecular flexibility index (Phi) is 7.29. The van der Waals surface area contributed by atoms with Gasteiger partial charge in [0.05, 0.1) is 6.10 Å². The number of rotatable bonds is 7. The highest BCUT2D eigenvalue weighted by molar-refractivity contribution is 5.82. The molecule has 0 aromatic rings. The van der Waals surface area contributed by atoms with E-state index in [1.807, 2.05) is 0 Å². The first-order chi connectivity index (χ1) is 7.84. The smallest absolute Gasteiger partial charge is 0.328 e. The molecule has 0 saturated carbocycles. The average Bonchev–Trinajstić information content (AvgIpc) is 2.19. The van der Waals surface area contributed by atoms with Gasteiger partial charge < -0.3 is 20.8 Å². The van der Waals surface area contributed by atoms with Gasteiger partial charge in [-0.05, 0) is 25.7 Å². The number of carboxylic acids is 1. The molecule has 0 bridgehead atoms. The minimum absolute atomic E-state index is 0.496. The van der Waals surface area contributed by atoms with Crippen molar-refractivity contribution in [1.82, 2.24) is 10.6 Å². The van der Waals surface area contributed by atoms with Crippen LogP contribution in [0, 0.1) is 5.92 Å². The molecular weight excluding hydrogens is 224 g/mol. The lowest BCUT2D eigenvalue weighted by Gasteiger charge is -2.17. The van der Waals surface area contributed by atoms with Crippen LogP contribution in [0.2, 0.25) is 0 Å². The number of carbonyl (C=O) groups excluding carboxylic acids is 1. The first kappa shape index (κ1) is 15.7. The number of nitrogens with one attached hydrogen (secondary N) is 2. The first-order valence-corrected chi connectivity index (χ1v) is 5.79. The third-order valence-corrected chi connectivity index (χ3v) is 2.28. The molecule has 0 aliphatic heterocycles. The molecule has 100 valence electrons. The second-order valence-corrected chi connectivity index (χ2v) is 4.49. The van der Waals surface area contributed by atoms with Gasteiger partial charge in [-0.3, -0.25) is 0 Å². The van der Waals surface area contributed by atoms with Crippen molar-refractivity contribution in [2.24, 2.45) is 5.92 Å². The minimum atomic E-state index is -1.28. The molecule has 2 unspecified atom stereocenters. The van der Waals surface area contributed by atoms with Gasteiger partial charge in [-0.25, -0.2) is 9.59 Å².